The van der Waals surface area contributed by atoms with E-state index in [1.54, 1.807) is 12.4 Å². The third kappa shape index (κ3) is 3.32. The third-order valence-electron chi connectivity index (χ3n) is 4.78. The Kier molecular flexibility index (Phi) is 4.53. The number of aromatic amines is 1. The number of amides is 1. The van der Waals surface area contributed by atoms with E-state index in [0.717, 1.165) is 39.3 Å². The molecule has 3 N–H and O–H groups in total. The number of pyridine rings is 1. The molecule has 0 radical (unpaired) electrons. The van der Waals surface area contributed by atoms with Gasteiger partial charge < -0.3 is 15.4 Å². The summed E-state index contributed by atoms with van der Waals surface area (Å²) in [5.41, 5.74) is 6.66. The summed E-state index contributed by atoms with van der Waals surface area (Å²) in [6.45, 7) is 1.91. The van der Waals surface area contributed by atoms with Crippen molar-refractivity contribution >= 4 is 29.2 Å². The molecule has 1 amide bonds. The van der Waals surface area contributed by atoms with Gasteiger partial charge in [0.25, 0.3) is 5.91 Å². The maximum atomic E-state index is 12.7. The van der Waals surface area contributed by atoms with Crippen LogP contribution in [0.15, 0.2) is 48.8 Å². The van der Waals surface area contributed by atoms with Crippen LogP contribution in [-0.2, 0) is 16.0 Å². The average Bonchev–Trinajstić information content (AvgIpc) is 3.20. The number of rotatable bonds is 5. The van der Waals surface area contributed by atoms with Crippen LogP contribution in [-0.4, -0.2) is 27.0 Å². The zero-order valence-corrected chi connectivity index (χ0v) is 15.3. The molecular weight excluding hydrogens is 354 g/mol. The number of aromatic nitrogens is 2. The van der Waals surface area contributed by atoms with Crippen molar-refractivity contribution in [2.75, 3.05) is 5.32 Å². The number of H-pyrrole nitrogens is 1. The first-order valence-corrected chi connectivity index (χ1v) is 9.00. The Bertz CT molecular complexity index is 1100. The summed E-state index contributed by atoms with van der Waals surface area (Å²) in [5.74, 6) is -1.02. The zero-order chi connectivity index (χ0) is 19.7. The molecule has 28 heavy (non-hydrogen) atoms. The fourth-order valence-corrected chi connectivity index (χ4v) is 3.55. The van der Waals surface area contributed by atoms with Gasteiger partial charge >= 0.3 is 5.97 Å². The molecule has 0 aliphatic carbocycles. The van der Waals surface area contributed by atoms with Crippen LogP contribution in [0.1, 0.15) is 28.9 Å². The Labute approximate surface area is 162 Å². The Balaban J connectivity index is 1.82. The van der Waals surface area contributed by atoms with Crippen LogP contribution >= 0.6 is 0 Å². The Morgan fingerprint density at radius 2 is 2.00 bits per heavy atom. The number of carbonyl (C=O) groups excluding carboxylic acids is 1. The number of aryl methyl sites for hydroxylation is 2. The lowest BCUT2D eigenvalue weighted by atomic mass is 9.94. The predicted molar refractivity (Wildman–Crippen MR) is 108 cm³/mol. The number of carboxylic acid groups (broad SMARTS) is 1. The number of carbonyl (C=O) groups is 2. The number of benzene rings is 1. The van der Waals surface area contributed by atoms with E-state index in [4.69, 9.17) is 5.11 Å². The van der Waals surface area contributed by atoms with Crippen LogP contribution in [0.3, 0.4) is 0 Å². The van der Waals surface area contributed by atoms with Crippen molar-refractivity contribution in [3.05, 3.63) is 71.3 Å². The first-order valence-electron chi connectivity index (χ1n) is 9.00. The molecule has 140 valence electrons. The van der Waals surface area contributed by atoms with E-state index in [-0.39, 0.29) is 12.3 Å². The zero-order valence-electron chi connectivity index (χ0n) is 15.3. The highest BCUT2D eigenvalue weighted by molar-refractivity contribution is 6.36. The van der Waals surface area contributed by atoms with Gasteiger partial charge in [0.1, 0.15) is 0 Å². The van der Waals surface area contributed by atoms with Crippen LogP contribution in [0.2, 0.25) is 0 Å². The van der Waals surface area contributed by atoms with Crippen molar-refractivity contribution in [3.8, 4) is 11.1 Å². The average molecular weight is 373 g/mol. The summed E-state index contributed by atoms with van der Waals surface area (Å²) in [7, 11) is 0. The molecule has 0 unspecified atom stereocenters. The van der Waals surface area contributed by atoms with Crippen LogP contribution in [0.5, 0.6) is 0 Å². The number of hydrogen-bond acceptors (Lipinski definition) is 3. The monoisotopic (exact) mass is 373 g/mol. The van der Waals surface area contributed by atoms with E-state index in [1.165, 1.54) is 0 Å². The van der Waals surface area contributed by atoms with Gasteiger partial charge in [-0.2, -0.15) is 0 Å². The molecule has 1 aromatic carbocycles. The van der Waals surface area contributed by atoms with Crippen molar-refractivity contribution in [1.29, 1.82) is 0 Å². The topological polar surface area (TPSA) is 95.1 Å². The highest BCUT2D eigenvalue weighted by Crippen LogP contribution is 2.40. The molecular formula is C22H19N3O3. The molecule has 6 nitrogen and oxygen atoms in total. The van der Waals surface area contributed by atoms with Crippen molar-refractivity contribution in [2.45, 2.75) is 19.8 Å². The quantitative estimate of drug-likeness (QED) is 0.591. The van der Waals surface area contributed by atoms with Crippen LogP contribution in [0.25, 0.3) is 22.8 Å². The molecule has 0 saturated carbocycles. The maximum Gasteiger partial charge on any atom is 0.303 e. The molecule has 4 rings (SSSR count). The van der Waals surface area contributed by atoms with E-state index in [2.05, 4.69) is 15.3 Å². The van der Waals surface area contributed by atoms with E-state index in [9.17, 15) is 9.59 Å². The van der Waals surface area contributed by atoms with Gasteiger partial charge in [-0.05, 0) is 60.4 Å². The van der Waals surface area contributed by atoms with Gasteiger partial charge in [0.2, 0.25) is 0 Å². The molecule has 0 saturated heterocycles. The second-order valence-electron chi connectivity index (χ2n) is 6.76. The van der Waals surface area contributed by atoms with Gasteiger partial charge in [0.15, 0.2) is 0 Å². The molecule has 3 aromatic rings. The fourth-order valence-electron chi connectivity index (χ4n) is 3.55. The SMILES string of the molecule is Cc1cc(CCC(=O)O)c(C=C2C(=O)Nc3cccc(-c4ccncc4)c32)[nH]1. The third-order valence-corrected chi connectivity index (χ3v) is 4.78. The van der Waals surface area contributed by atoms with Crippen molar-refractivity contribution in [2.24, 2.45) is 0 Å². The fraction of sp³-hybridized carbons (Fsp3) is 0.136. The summed E-state index contributed by atoms with van der Waals surface area (Å²) in [6.07, 6.45) is 5.70. The summed E-state index contributed by atoms with van der Waals surface area (Å²) < 4.78 is 0. The van der Waals surface area contributed by atoms with Gasteiger partial charge in [0.05, 0.1) is 5.57 Å². The first kappa shape index (κ1) is 17.7. The lowest BCUT2D eigenvalue weighted by molar-refractivity contribution is -0.137. The normalized spacial score (nSPS) is 14.2. The number of carboxylic acids is 1. The number of fused-ring (bicyclic) bond motifs is 1. The highest BCUT2D eigenvalue weighted by atomic mass is 16.4. The summed E-state index contributed by atoms with van der Waals surface area (Å²) in [6, 6.07) is 11.5. The predicted octanol–water partition coefficient (Wildman–Crippen LogP) is 3.90. The molecule has 0 spiro atoms. The molecule has 6 heteroatoms. The molecule has 0 atom stereocenters. The minimum atomic E-state index is -0.846. The van der Waals surface area contributed by atoms with E-state index in [1.807, 2.05) is 49.4 Å². The number of anilines is 1. The lowest BCUT2D eigenvalue weighted by Gasteiger charge is -2.08. The molecule has 3 heterocycles. The molecule has 0 bridgehead atoms. The molecule has 2 aromatic heterocycles. The maximum absolute atomic E-state index is 12.7. The first-order chi connectivity index (χ1) is 13.5. The van der Waals surface area contributed by atoms with E-state index >= 15 is 0 Å². The highest BCUT2D eigenvalue weighted by Gasteiger charge is 2.27. The van der Waals surface area contributed by atoms with Crippen molar-refractivity contribution in [1.82, 2.24) is 9.97 Å². The number of aliphatic carboxylic acids is 1. The largest absolute Gasteiger partial charge is 0.481 e. The van der Waals surface area contributed by atoms with Crippen LogP contribution < -0.4 is 5.32 Å². The molecule has 1 aliphatic rings. The minimum absolute atomic E-state index is 0.0402. The lowest BCUT2D eigenvalue weighted by Crippen LogP contribution is -2.04. The summed E-state index contributed by atoms with van der Waals surface area (Å²) in [5, 5.41) is 11.9. The van der Waals surface area contributed by atoms with Crippen LogP contribution in [0.4, 0.5) is 5.69 Å². The Morgan fingerprint density at radius 1 is 1.21 bits per heavy atom. The van der Waals surface area contributed by atoms with Gasteiger partial charge in [-0.25, -0.2) is 0 Å². The molecule has 0 fully saturated rings. The van der Waals surface area contributed by atoms with E-state index < -0.39 is 5.97 Å². The Morgan fingerprint density at radius 3 is 2.75 bits per heavy atom. The number of nitrogens with zero attached hydrogens (tertiary/aromatic N) is 1. The summed E-state index contributed by atoms with van der Waals surface area (Å²) in [4.78, 5) is 31.0. The standard InChI is InChI=1S/C22H19N3O3/c1-13-11-15(5-6-20(26)27)19(24-13)12-17-21-16(14-7-9-23-10-8-14)3-2-4-18(21)25-22(17)28/h2-4,7-12,24H,5-6H2,1H3,(H,25,28)(H,26,27). The smallest absolute Gasteiger partial charge is 0.303 e. The van der Waals surface area contributed by atoms with Crippen molar-refractivity contribution in [3.63, 3.8) is 0 Å². The minimum Gasteiger partial charge on any atom is -0.481 e. The Hall–Kier alpha value is -3.67. The van der Waals surface area contributed by atoms with Gasteiger partial charge in [-0.15, -0.1) is 0 Å². The molecule has 1 aliphatic heterocycles. The second kappa shape index (κ2) is 7.15. The number of nitrogens with one attached hydrogen (secondary N) is 2. The second-order valence-corrected chi connectivity index (χ2v) is 6.76. The van der Waals surface area contributed by atoms with E-state index in [0.29, 0.717) is 12.0 Å². The van der Waals surface area contributed by atoms with Gasteiger partial charge in [-0.1, -0.05) is 12.1 Å². The van der Waals surface area contributed by atoms with Gasteiger partial charge in [-0.3, -0.25) is 14.6 Å². The van der Waals surface area contributed by atoms with Crippen LogP contribution in [0, 0.1) is 6.92 Å². The summed E-state index contributed by atoms with van der Waals surface area (Å²) >= 11 is 0. The van der Waals surface area contributed by atoms with Crippen molar-refractivity contribution < 1.29 is 14.7 Å². The van der Waals surface area contributed by atoms with Gasteiger partial charge in [0, 0.05) is 41.5 Å². The number of hydrogen-bond donors (Lipinski definition) is 3.